The molecular weight excluding hydrogens is 258 g/mol. The number of unbranched alkanes of at least 4 members (excludes halogenated alkanes) is 8. The lowest BCUT2D eigenvalue weighted by Crippen LogP contribution is -2.33. The number of amides is 1. The number of rotatable bonds is 13. The molecule has 0 aliphatic carbocycles. The molecule has 0 rings (SSSR count). The van der Waals surface area contributed by atoms with E-state index in [4.69, 9.17) is 11.6 Å². The third-order valence-corrected chi connectivity index (χ3v) is 3.76. The molecule has 0 N–H and O–H groups in total. The van der Waals surface area contributed by atoms with Gasteiger partial charge in [0.2, 0.25) is 5.91 Å². The van der Waals surface area contributed by atoms with Crippen molar-refractivity contribution in [3.8, 4) is 0 Å². The zero-order valence-corrected chi connectivity index (χ0v) is 13.7. The van der Waals surface area contributed by atoms with Crippen LogP contribution in [0.3, 0.4) is 0 Å². The Labute approximate surface area is 124 Å². The van der Waals surface area contributed by atoms with Crippen molar-refractivity contribution in [2.75, 3.05) is 19.0 Å². The van der Waals surface area contributed by atoms with Gasteiger partial charge < -0.3 is 4.90 Å². The number of carbonyl (C=O) groups excluding carboxylic acids is 1. The molecule has 2 nitrogen and oxygen atoms in total. The van der Waals surface area contributed by atoms with Crippen LogP contribution in [0, 0.1) is 0 Å². The topological polar surface area (TPSA) is 20.3 Å². The Balaban J connectivity index is 3.73. The maximum absolute atomic E-state index is 11.7. The third kappa shape index (κ3) is 11.3. The second-order valence-corrected chi connectivity index (χ2v) is 5.61. The highest BCUT2D eigenvalue weighted by atomic mass is 35.5. The predicted octanol–water partition coefficient (Wildman–Crippen LogP) is 4.99. The number of hydrogen-bond acceptors (Lipinski definition) is 1. The maximum atomic E-state index is 11.7. The molecular formula is C16H32ClNO. The van der Waals surface area contributed by atoms with E-state index >= 15 is 0 Å². The van der Waals surface area contributed by atoms with Gasteiger partial charge in [-0.25, -0.2) is 0 Å². The van der Waals surface area contributed by atoms with Crippen molar-refractivity contribution in [3.05, 3.63) is 0 Å². The van der Waals surface area contributed by atoms with Gasteiger partial charge in [0.25, 0.3) is 0 Å². The fourth-order valence-electron chi connectivity index (χ4n) is 2.26. The monoisotopic (exact) mass is 289 g/mol. The number of alkyl halides is 1. The standard InChI is InChI=1S/C16H32ClNO/c1-3-5-7-9-11-13-18(16(19)15-17)14-12-10-8-6-4-2/h3-15H2,1-2H3. The van der Waals surface area contributed by atoms with Crippen LogP contribution in [-0.2, 0) is 4.79 Å². The van der Waals surface area contributed by atoms with Crippen LogP contribution in [0.15, 0.2) is 0 Å². The summed E-state index contributed by atoms with van der Waals surface area (Å²) >= 11 is 5.68. The summed E-state index contributed by atoms with van der Waals surface area (Å²) in [6.07, 6.45) is 12.4. The summed E-state index contributed by atoms with van der Waals surface area (Å²) < 4.78 is 0. The first-order valence-corrected chi connectivity index (χ1v) is 8.63. The van der Waals surface area contributed by atoms with E-state index in [1.54, 1.807) is 0 Å². The molecule has 3 heteroatoms. The van der Waals surface area contributed by atoms with Gasteiger partial charge in [0.05, 0.1) is 0 Å². The van der Waals surface area contributed by atoms with Crippen LogP contribution < -0.4 is 0 Å². The summed E-state index contributed by atoms with van der Waals surface area (Å²) in [5, 5.41) is 0. The average molecular weight is 290 g/mol. The summed E-state index contributed by atoms with van der Waals surface area (Å²) in [4.78, 5) is 13.7. The molecule has 0 aromatic rings. The zero-order chi connectivity index (χ0) is 14.3. The smallest absolute Gasteiger partial charge is 0.237 e. The number of halogens is 1. The van der Waals surface area contributed by atoms with Crippen molar-refractivity contribution in [1.29, 1.82) is 0 Å². The Kier molecular flexibility index (Phi) is 14.0. The lowest BCUT2D eigenvalue weighted by atomic mass is 10.1. The molecule has 0 atom stereocenters. The molecule has 0 aromatic carbocycles. The molecule has 0 aliphatic rings. The van der Waals surface area contributed by atoms with Gasteiger partial charge in [-0.15, -0.1) is 11.6 Å². The van der Waals surface area contributed by atoms with Crippen LogP contribution in [0.5, 0.6) is 0 Å². The van der Waals surface area contributed by atoms with Gasteiger partial charge in [0.15, 0.2) is 0 Å². The molecule has 0 bridgehead atoms. The highest BCUT2D eigenvalue weighted by Gasteiger charge is 2.11. The minimum atomic E-state index is 0.104. The molecule has 0 saturated carbocycles. The van der Waals surface area contributed by atoms with Gasteiger partial charge in [-0.05, 0) is 12.8 Å². The first kappa shape index (κ1) is 18.8. The van der Waals surface area contributed by atoms with Gasteiger partial charge in [-0.2, -0.15) is 0 Å². The average Bonchev–Trinajstić information content (AvgIpc) is 2.43. The van der Waals surface area contributed by atoms with Crippen molar-refractivity contribution in [2.45, 2.75) is 78.1 Å². The molecule has 0 heterocycles. The van der Waals surface area contributed by atoms with Crippen LogP contribution in [0.2, 0.25) is 0 Å². The lowest BCUT2D eigenvalue weighted by Gasteiger charge is -2.21. The Morgan fingerprint density at radius 1 is 0.789 bits per heavy atom. The summed E-state index contributed by atoms with van der Waals surface area (Å²) in [6, 6.07) is 0. The highest BCUT2D eigenvalue weighted by molar-refractivity contribution is 6.27. The first-order chi connectivity index (χ1) is 9.26. The zero-order valence-electron chi connectivity index (χ0n) is 12.9. The Morgan fingerprint density at radius 3 is 1.58 bits per heavy atom. The fourth-order valence-corrected chi connectivity index (χ4v) is 2.43. The molecule has 0 unspecified atom stereocenters. The Bertz CT molecular complexity index is 195. The SMILES string of the molecule is CCCCCCCN(CCCCCCC)C(=O)CCl. The summed E-state index contributed by atoms with van der Waals surface area (Å²) in [6.45, 7) is 6.23. The van der Waals surface area contributed by atoms with E-state index in [1.807, 2.05) is 4.90 Å². The van der Waals surface area contributed by atoms with Crippen molar-refractivity contribution in [1.82, 2.24) is 4.90 Å². The molecule has 1 amide bonds. The highest BCUT2D eigenvalue weighted by Crippen LogP contribution is 2.08. The summed E-state index contributed by atoms with van der Waals surface area (Å²) in [5.74, 6) is 0.233. The number of nitrogens with zero attached hydrogens (tertiary/aromatic N) is 1. The molecule has 0 aliphatic heterocycles. The van der Waals surface area contributed by atoms with Crippen LogP contribution in [0.1, 0.15) is 78.1 Å². The number of carbonyl (C=O) groups is 1. The van der Waals surface area contributed by atoms with Gasteiger partial charge in [0, 0.05) is 13.1 Å². The normalized spacial score (nSPS) is 10.7. The second kappa shape index (κ2) is 14.2. The van der Waals surface area contributed by atoms with E-state index in [2.05, 4.69) is 13.8 Å². The minimum Gasteiger partial charge on any atom is -0.342 e. The van der Waals surface area contributed by atoms with Crippen molar-refractivity contribution in [2.24, 2.45) is 0 Å². The minimum absolute atomic E-state index is 0.104. The van der Waals surface area contributed by atoms with Crippen molar-refractivity contribution in [3.63, 3.8) is 0 Å². The molecule has 114 valence electrons. The Morgan fingerprint density at radius 2 is 1.21 bits per heavy atom. The van der Waals surface area contributed by atoms with E-state index in [9.17, 15) is 4.79 Å². The van der Waals surface area contributed by atoms with Gasteiger partial charge in [-0.3, -0.25) is 4.79 Å². The van der Waals surface area contributed by atoms with Gasteiger partial charge >= 0.3 is 0 Å². The third-order valence-electron chi connectivity index (χ3n) is 3.53. The molecule has 0 aromatic heterocycles. The van der Waals surface area contributed by atoms with E-state index in [1.165, 1.54) is 51.4 Å². The van der Waals surface area contributed by atoms with E-state index in [0.717, 1.165) is 25.9 Å². The van der Waals surface area contributed by atoms with Crippen LogP contribution >= 0.6 is 11.6 Å². The molecule has 0 spiro atoms. The van der Waals surface area contributed by atoms with Gasteiger partial charge in [0.1, 0.15) is 5.88 Å². The molecule has 0 fully saturated rings. The first-order valence-electron chi connectivity index (χ1n) is 8.10. The Hall–Kier alpha value is -0.240. The summed E-state index contributed by atoms with van der Waals surface area (Å²) in [5.41, 5.74) is 0. The van der Waals surface area contributed by atoms with Crippen molar-refractivity contribution >= 4 is 17.5 Å². The summed E-state index contributed by atoms with van der Waals surface area (Å²) in [7, 11) is 0. The van der Waals surface area contributed by atoms with Crippen LogP contribution in [0.25, 0.3) is 0 Å². The molecule has 0 saturated heterocycles. The largest absolute Gasteiger partial charge is 0.342 e. The van der Waals surface area contributed by atoms with Crippen LogP contribution in [-0.4, -0.2) is 29.8 Å². The molecule has 0 radical (unpaired) electrons. The predicted molar refractivity (Wildman–Crippen MR) is 84.8 cm³/mol. The van der Waals surface area contributed by atoms with Crippen LogP contribution in [0.4, 0.5) is 0 Å². The fraction of sp³-hybridized carbons (Fsp3) is 0.938. The number of hydrogen-bond donors (Lipinski definition) is 0. The van der Waals surface area contributed by atoms with E-state index in [0.29, 0.717) is 0 Å². The van der Waals surface area contributed by atoms with Crippen molar-refractivity contribution < 1.29 is 4.79 Å². The quantitative estimate of drug-likeness (QED) is 0.345. The van der Waals surface area contributed by atoms with E-state index in [-0.39, 0.29) is 11.8 Å². The van der Waals surface area contributed by atoms with Gasteiger partial charge in [-0.1, -0.05) is 65.2 Å². The maximum Gasteiger partial charge on any atom is 0.237 e. The second-order valence-electron chi connectivity index (χ2n) is 5.34. The molecule has 19 heavy (non-hydrogen) atoms. The van der Waals surface area contributed by atoms with E-state index < -0.39 is 0 Å². The lowest BCUT2D eigenvalue weighted by molar-refractivity contribution is -0.128.